The summed E-state index contributed by atoms with van der Waals surface area (Å²) >= 11 is 0. The first-order chi connectivity index (χ1) is 9.10. The lowest BCUT2D eigenvalue weighted by atomic mass is 10.1. The molecule has 100 valence electrons. The molecule has 1 aromatic heterocycles. The summed E-state index contributed by atoms with van der Waals surface area (Å²) < 4.78 is 1.83. The van der Waals surface area contributed by atoms with Gasteiger partial charge in [0, 0.05) is 12.1 Å². The molecule has 0 aliphatic carbocycles. The number of carbonyl (C=O) groups excluding carboxylic acids is 1. The number of nitrogens with zero attached hydrogens (tertiary/aromatic N) is 3. The van der Waals surface area contributed by atoms with Gasteiger partial charge in [0.15, 0.2) is 0 Å². The summed E-state index contributed by atoms with van der Waals surface area (Å²) in [5.74, 6) is 2.31. The van der Waals surface area contributed by atoms with Gasteiger partial charge in [-0.25, -0.2) is 0 Å². The van der Waals surface area contributed by atoms with Crippen molar-refractivity contribution in [2.75, 3.05) is 6.54 Å². The Balaban J connectivity index is 2.64. The Kier molecular flexibility index (Phi) is 5.63. The largest absolute Gasteiger partial charge is 0.345 e. The average molecular weight is 258 g/mol. The molecule has 5 nitrogen and oxygen atoms in total. The number of aromatic nitrogens is 2. The molecule has 1 N–H and O–H groups in total. The second kappa shape index (κ2) is 7.23. The maximum atomic E-state index is 11.5. The van der Waals surface area contributed by atoms with Gasteiger partial charge in [-0.2, -0.15) is 10.4 Å². The van der Waals surface area contributed by atoms with Crippen molar-refractivity contribution in [1.29, 1.82) is 5.26 Å². The van der Waals surface area contributed by atoms with E-state index < -0.39 is 0 Å². The topological polar surface area (TPSA) is 70.7 Å². The van der Waals surface area contributed by atoms with Gasteiger partial charge in [-0.1, -0.05) is 5.92 Å². The van der Waals surface area contributed by atoms with Gasteiger partial charge in [-0.3, -0.25) is 9.48 Å². The van der Waals surface area contributed by atoms with Crippen LogP contribution < -0.4 is 5.32 Å². The number of nitriles is 1. The summed E-state index contributed by atoms with van der Waals surface area (Å²) in [6, 6.07) is 2.10. The maximum absolute atomic E-state index is 11.5. The van der Waals surface area contributed by atoms with E-state index >= 15 is 0 Å². The fraction of sp³-hybridized carbons (Fsp3) is 0.500. The molecule has 0 aliphatic rings. The first-order valence-corrected chi connectivity index (χ1v) is 6.20. The predicted molar refractivity (Wildman–Crippen MR) is 72.1 cm³/mol. The van der Waals surface area contributed by atoms with Crippen LogP contribution in [0.1, 0.15) is 29.8 Å². The van der Waals surface area contributed by atoms with Crippen molar-refractivity contribution in [1.82, 2.24) is 15.1 Å². The van der Waals surface area contributed by atoms with Crippen molar-refractivity contribution in [3.05, 3.63) is 17.0 Å². The van der Waals surface area contributed by atoms with Crippen LogP contribution in [0.3, 0.4) is 0 Å². The van der Waals surface area contributed by atoms with Crippen LogP contribution in [-0.2, 0) is 17.8 Å². The number of carbonyl (C=O) groups is 1. The van der Waals surface area contributed by atoms with Crippen molar-refractivity contribution in [2.24, 2.45) is 0 Å². The number of terminal acetylenes is 1. The second-order valence-corrected chi connectivity index (χ2v) is 4.26. The highest BCUT2D eigenvalue weighted by molar-refractivity contribution is 5.76. The van der Waals surface area contributed by atoms with E-state index in [4.69, 9.17) is 11.7 Å². The lowest BCUT2D eigenvalue weighted by molar-refractivity contribution is -0.120. The van der Waals surface area contributed by atoms with Crippen LogP contribution in [0.2, 0.25) is 0 Å². The van der Waals surface area contributed by atoms with Gasteiger partial charge in [0.1, 0.15) is 0 Å². The summed E-state index contributed by atoms with van der Waals surface area (Å²) in [5, 5.41) is 15.6. The van der Waals surface area contributed by atoms with Crippen LogP contribution in [0, 0.1) is 37.5 Å². The van der Waals surface area contributed by atoms with Crippen molar-refractivity contribution >= 4 is 5.91 Å². The van der Waals surface area contributed by atoms with E-state index in [0.717, 1.165) is 17.0 Å². The highest BCUT2D eigenvalue weighted by atomic mass is 16.1. The second-order valence-electron chi connectivity index (χ2n) is 4.26. The smallest absolute Gasteiger partial charge is 0.221 e. The molecule has 1 amide bonds. The van der Waals surface area contributed by atoms with Crippen LogP contribution in [0.4, 0.5) is 0 Å². The Morgan fingerprint density at radius 3 is 2.89 bits per heavy atom. The Morgan fingerprint density at radius 2 is 2.26 bits per heavy atom. The highest BCUT2D eigenvalue weighted by Crippen LogP contribution is 2.15. The van der Waals surface area contributed by atoms with Crippen LogP contribution in [0.5, 0.6) is 0 Å². The van der Waals surface area contributed by atoms with Crippen molar-refractivity contribution in [3.63, 3.8) is 0 Å². The Bertz CT molecular complexity index is 531. The molecule has 0 aliphatic heterocycles. The lowest BCUT2D eigenvalue weighted by Gasteiger charge is -2.04. The normalized spacial score (nSPS) is 9.68. The third kappa shape index (κ3) is 4.15. The molecule has 0 aromatic carbocycles. The minimum atomic E-state index is -0.0541. The standard InChI is InChI=1S/C14H18N4O/c1-4-9-16-14(19)7-6-13-11(2)17-18(12(13)3)10-5-8-15/h1H,5-7,9-10H2,2-3H3,(H,16,19). The first kappa shape index (κ1) is 14.8. The quantitative estimate of drug-likeness (QED) is 0.777. The van der Waals surface area contributed by atoms with E-state index in [1.807, 2.05) is 18.5 Å². The zero-order valence-corrected chi connectivity index (χ0v) is 11.4. The molecule has 0 bridgehead atoms. The fourth-order valence-corrected chi connectivity index (χ4v) is 1.95. The minimum absolute atomic E-state index is 0.0541. The van der Waals surface area contributed by atoms with E-state index in [9.17, 15) is 4.79 Å². The monoisotopic (exact) mass is 258 g/mol. The zero-order chi connectivity index (χ0) is 14.3. The molecule has 0 spiro atoms. The molecular formula is C14H18N4O. The van der Waals surface area contributed by atoms with Crippen LogP contribution in [0.15, 0.2) is 0 Å². The molecule has 1 aromatic rings. The zero-order valence-electron chi connectivity index (χ0n) is 11.4. The van der Waals surface area contributed by atoms with E-state index in [1.165, 1.54) is 0 Å². The van der Waals surface area contributed by atoms with Gasteiger partial charge in [0.25, 0.3) is 0 Å². The van der Waals surface area contributed by atoms with Gasteiger partial charge in [-0.05, 0) is 25.8 Å². The van der Waals surface area contributed by atoms with E-state index in [-0.39, 0.29) is 12.5 Å². The first-order valence-electron chi connectivity index (χ1n) is 6.20. The van der Waals surface area contributed by atoms with Gasteiger partial charge in [0.05, 0.1) is 31.3 Å². The third-order valence-electron chi connectivity index (χ3n) is 2.96. The molecule has 0 saturated heterocycles. The van der Waals surface area contributed by atoms with Gasteiger partial charge in [-0.15, -0.1) is 6.42 Å². The van der Waals surface area contributed by atoms with Gasteiger partial charge < -0.3 is 5.32 Å². The minimum Gasteiger partial charge on any atom is -0.345 e. The predicted octanol–water partition coefficient (Wildman–Crippen LogP) is 1.10. The van der Waals surface area contributed by atoms with E-state index in [0.29, 0.717) is 25.8 Å². The molecule has 0 unspecified atom stereocenters. The summed E-state index contributed by atoms with van der Waals surface area (Å²) in [4.78, 5) is 11.5. The fourth-order valence-electron chi connectivity index (χ4n) is 1.95. The molecule has 0 fully saturated rings. The Labute approximate surface area is 113 Å². The lowest BCUT2D eigenvalue weighted by Crippen LogP contribution is -2.23. The summed E-state index contributed by atoms with van der Waals surface area (Å²) in [6.07, 6.45) is 6.55. The molecule has 1 heterocycles. The van der Waals surface area contributed by atoms with Crippen molar-refractivity contribution in [3.8, 4) is 18.4 Å². The maximum Gasteiger partial charge on any atom is 0.221 e. The Morgan fingerprint density at radius 1 is 1.53 bits per heavy atom. The number of hydrogen-bond donors (Lipinski definition) is 1. The number of hydrogen-bond acceptors (Lipinski definition) is 3. The van der Waals surface area contributed by atoms with Crippen molar-refractivity contribution < 1.29 is 4.79 Å². The summed E-state index contributed by atoms with van der Waals surface area (Å²) in [7, 11) is 0. The van der Waals surface area contributed by atoms with E-state index in [2.05, 4.69) is 22.4 Å². The molecule has 0 saturated carbocycles. The Hall–Kier alpha value is -2.27. The summed E-state index contributed by atoms with van der Waals surface area (Å²) in [6.45, 7) is 4.74. The number of nitrogens with one attached hydrogen (secondary N) is 1. The highest BCUT2D eigenvalue weighted by Gasteiger charge is 2.12. The van der Waals surface area contributed by atoms with Gasteiger partial charge >= 0.3 is 0 Å². The SMILES string of the molecule is C#CCNC(=O)CCc1c(C)nn(CCC#N)c1C. The average Bonchev–Trinajstić information content (AvgIpc) is 2.66. The van der Waals surface area contributed by atoms with Gasteiger partial charge in [0.2, 0.25) is 5.91 Å². The van der Waals surface area contributed by atoms with Crippen molar-refractivity contribution in [2.45, 2.75) is 39.7 Å². The molecule has 5 heteroatoms. The third-order valence-corrected chi connectivity index (χ3v) is 2.96. The van der Waals surface area contributed by atoms with Crippen LogP contribution in [0.25, 0.3) is 0 Å². The number of rotatable bonds is 6. The van der Waals surface area contributed by atoms with Crippen LogP contribution >= 0.6 is 0 Å². The van der Waals surface area contributed by atoms with Crippen LogP contribution in [-0.4, -0.2) is 22.2 Å². The number of amides is 1. The molecular weight excluding hydrogens is 240 g/mol. The molecule has 0 radical (unpaired) electrons. The summed E-state index contributed by atoms with van der Waals surface area (Å²) in [5.41, 5.74) is 3.02. The molecule has 1 rings (SSSR count). The molecule has 0 atom stereocenters. The molecule has 19 heavy (non-hydrogen) atoms. The number of aryl methyl sites for hydroxylation is 2. The van der Waals surface area contributed by atoms with E-state index in [1.54, 1.807) is 0 Å².